The fourth-order valence-corrected chi connectivity index (χ4v) is 3.28. The summed E-state index contributed by atoms with van der Waals surface area (Å²) in [6.45, 7) is 4.20. The molecule has 0 atom stereocenters. The smallest absolute Gasteiger partial charge is 0.340 e. The third kappa shape index (κ3) is 4.03. The van der Waals surface area contributed by atoms with Crippen molar-refractivity contribution < 1.29 is 14.3 Å². The Bertz CT molecular complexity index is 941. The van der Waals surface area contributed by atoms with E-state index in [0.29, 0.717) is 23.4 Å². The van der Waals surface area contributed by atoms with Gasteiger partial charge in [0.1, 0.15) is 0 Å². The minimum Gasteiger partial charge on any atom is -0.465 e. The number of halogens is 1. The van der Waals surface area contributed by atoms with E-state index >= 15 is 0 Å². The van der Waals surface area contributed by atoms with Crippen molar-refractivity contribution in [3.8, 4) is 0 Å². The summed E-state index contributed by atoms with van der Waals surface area (Å²) in [6, 6.07) is 15.6. The van der Waals surface area contributed by atoms with Crippen LogP contribution in [-0.4, -0.2) is 23.9 Å². The van der Waals surface area contributed by atoms with Crippen molar-refractivity contribution in [2.75, 3.05) is 7.11 Å². The van der Waals surface area contributed by atoms with Gasteiger partial charge in [0.15, 0.2) is 0 Å². The van der Waals surface area contributed by atoms with Crippen LogP contribution in [0.2, 0.25) is 0 Å². The van der Waals surface area contributed by atoms with Crippen molar-refractivity contribution in [3.05, 3.63) is 86.5 Å². The second kappa shape index (κ2) is 7.92. The van der Waals surface area contributed by atoms with Gasteiger partial charge in [-0.2, -0.15) is 0 Å². The molecule has 2 aromatic rings. The molecule has 1 heterocycles. The van der Waals surface area contributed by atoms with Gasteiger partial charge in [-0.25, -0.2) is 4.79 Å². The lowest BCUT2D eigenvalue weighted by Crippen LogP contribution is -2.24. The second-order valence-corrected chi connectivity index (χ2v) is 7.35. The van der Waals surface area contributed by atoms with Crippen LogP contribution in [0.4, 0.5) is 0 Å². The van der Waals surface area contributed by atoms with Gasteiger partial charge in [-0.3, -0.25) is 4.79 Å². The van der Waals surface area contributed by atoms with Gasteiger partial charge in [0, 0.05) is 10.2 Å². The van der Waals surface area contributed by atoms with Crippen LogP contribution in [0.5, 0.6) is 0 Å². The summed E-state index contributed by atoms with van der Waals surface area (Å²) < 4.78 is 5.88. The molecule has 4 nitrogen and oxygen atoms in total. The van der Waals surface area contributed by atoms with Crippen LogP contribution in [0.15, 0.2) is 69.8 Å². The highest BCUT2D eigenvalue weighted by Crippen LogP contribution is 2.33. The van der Waals surface area contributed by atoms with Crippen LogP contribution in [0.1, 0.15) is 23.6 Å². The molecule has 0 spiro atoms. The maximum Gasteiger partial charge on any atom is 0.340 e. The third-order valence-corrected chi connectivity index (χ3v) is 5.07. The Balaban J connectivity index is 2.00. The first-order valence-corrected chi connectivity index (χ1v) is 9.34. The number of amides is 1. The number of benzene rings is 2. The molecule has 138 valence electrons. The lowest BCUT2D eigenvalue weighted by Gasteiger charge is -2.18. The Morgan fingerprint density at radius 2 is 1.70 bits per heavy atom. The van der Waals surface area contributed by atoms with E-state index in [9.17, 15) is 9.59 Å². The fraction of sp³-hybridized carbons (Fsp3) is 0.182. The Kier molecular flexibility index (Phi) is 5.61. The molecule has 0 saturated carbocycles. The predicted molar refractivity (Wildman–Crippen MR) is 109 cm³/mol. The summed E-state index contributed by atoms with van der Waals surface area (Å²) in [4.78, 5) is 27.1. The summed E-state index contributed by atoms with van der Waals surface area (Å²) in [5.41, 5.74) is 4.28. The van der Waals surface area contributed by atoms with Gasteiger partial charge in [0.25, 0.3) is 5.91 Å². The first-order valence-electron chi connectivity index (χ1n) is 8.55. The van der Waals surface area contributed by atoms with Crippen LogP contribution < -0.4 is 0 Å². The largest absolute Gasteiger partial charge is 0.465 e. The molecule has 0 fully saturated rings. The van der Waals surface area contributed by atoms with Crippen LogP contribution >= 0.6 is 15.9 Å². The Morgan fingerprint density at radius 3 is 2.30 bits per heavy atom. The zero-order valence-corrected chi connectivity index (χ0v) is 17.0. The van der Waals surface area contributed by atoms with Gasteiger partial charge in [-0.15, -0.1) is 0 Å². The van der Waals surface area contributed by atoms with Gasteiger partial charge >= 0.3 is 5.97 Å². The summed E-state index contributed by atoms with van der Waals surface area (Å²) in [7, 11) is 1.33. The van der Waals surface area contributed by atoms with E-state index in [1.165, 1.54) is 7.11 Å². The average molecular weight is 426 g/mol. The Morgan fingerprint density at radius 1 is 1.07 bits per heavy atom. The summed E-state index contributed by atoms with van der Waals surface area (Å²) in [5, 5.41) is 0. The van der Waals surface area contributed by atoms with E-state index < -0.39 is 5.97 Å². The van der Waals surface area contributed by atoms with Gasteiger partial charge < -0.3 is 9.64 Å². The molecule has 1 aliphatic rings. The molecule has 2 aromatic carbocycles. The Labute approximate surface area is 167 Å². The highest BCUT2D eigenvalue weighted by molar-refractivity contribution is 9.10. The number of aryl methyl sites for hydroxylation is 1. The standard InChI is InChI=1S/C22H20BrNO3/c1-14-4-6-17(7-5-14)13-24-15(2)20(22(26)27-3)19(21(24)25)12-16-8-10-18(23)11-9-16/h4-12H,13H2,1-3H3/b19-12-. The molecule has 0 saturated heterocycles. The monoisotopic (exact) mass is 425 g/mol. The molecule has 5 heteroatoms. The van der Waals surface area contributed by atoms with E-state index in [-0.39, 0.29) is 5.91 Å². The van der Waals surface area contributed by atoms with Crippen LogP contribution in [-0.2, 0) is 20.9 Å². The number of nitrogens with zero attached hydrogens (tertiary/aromatic N) is 1. The molecule has 0 N–H and O–H groups in total. The molecule has 27 heavy (non-hydrogen) atoms. The molecule has 1 amide bonds. The van der Waals surface area contributed by atoms with Crippen molar-refractivity contribution in [2.24, 2.45) is 0 Å². The molecule has 3 rings (SSSR count). The van der Waals surface area contributed by atoms with Crippen molar-refractivity contribution >= 4 is 33.9 Å². The van der Waals surface area contributed by atoms with Crippen molar-refractivity contribution in [3.63, 3.8) is 0 Å². The van der Waals surface area contributed by atoms with Crippen molar-refractivity contribution in [2.45, 2.75) is 20.4 Å². The lowest BCUT2D eigenvalue weighted by atomic mass is 10.0. The number of methoxy groups -OCH3 is 1. The van der Waals surface area contributed by atoms with Crippen LogP contribution in [0.3, 0.4) is 0 Å². The van der Waals surface area contributed by atoms with E-state index in [1.807, 2.05) is 55.5 Å². The number of hydrogen-bond acceptors (Lipinski definition) is 3. The zero-order chi connectivity index (χ0) is 19.6. The first-order chi connectivity index (χ1) is 12.9. The third-order valence-electron chi connectivity index (χ3n) is 4.54. The number of ether oxygens (including phenoxy) is 1. The highest BCUT2D eigenvalue weighted by atomic mass is 79.9. The normalized spacial score (nSPS) is 15.6. The molecule has 1 aliphatic heterocycles. The average Bonchev–Trinajstić information content (AvgIpc) is 2.89. The van der Waals surface area contributed by atoms with E-state index in [0.717, 1.165) is 21.2 Å². The maximum absolute atomic E-state index is 13.1. The fourth-order valence-electron chi connectivity index (χ4n) is 3.02. The van der Waals surface area contributed by atoms with Crippen LogP contribution in [0.25, 0.3) is 6.08 Å². The number of rotatable bonds is 4. The SMILES string of the molecule is COC(=O)C1=C(C)N(Cc2ccc(C)cc2)C(=O)/C1=C\c1ccc(Br)cc1. The lowest BCUT2D eigenvalue weighted by molar-refractivity contribution is -0.136. The molecule has 0 aromatic heterocycles. The summed E-state index contributed by atoms with van der Waals surface area (Å²) in [5.74, 6) is -0.702. The minimum absolute atomic E-state index is 0.198. The molecule has 0 unspecified atom stereocenters. The molecule has 0 radical (unpaired) electrons. The summed E-state index contributed by atoms with van der Waals surface area (Å²) >= 11 is 3.40. The van der Waals surface area contributed by atoms with Gasteiger partial charge in [0.05, 0.1) is 24.8 Å². The maximum atomic E-state index is 13.1. The zero-order valence-electron chi connectivity index (χ0n) is 15.5. The van der Waals surface area contributed by atoms with Crippen molar-refractivity contribution in [1.82, 2.24) is 4.90 Å². The molecule has 0 bridgehead atoms. The van der Waals surface area contributed by atoms with Crippen molar-refractivity contribution in [1.29, 1.82) is 0 Å². The summed E-state index contributed by atoms with van der Waals surface area (Å²) in [6.07, 6.45) is 1.74. The number of allylic oxidation sites excluding steroid dienone is 1. The van der Waals surface area contributed by atoms with Gasteiger partial charge in [0.2, 0.25) is 0 Å². The number of hydrogen-bond donors (Lipinski definition) is 0. The quantitative estimate of drug-likeness (QED) is 0.529. The number of carbonyl (C=O) groups is 2. The van der Waals surface area contributed by atoms with Gasteiger partial charge in [-0.1, -0.05) is 57.9 Å². The van der Waals surface area contributed by atoms with Gasteiger partial charge in [-0.05, 0) is 43.2 Å². The molecular weight excluding hydrogens is 406 g/mol. The minimum atomic E-state index is -0.504. The van der Waals surface area contributed by atoms with E-state index in [1.54, 1.807) is 17.9 Å². The predicted octanol–water partition coefficient (Wildman–Crippen LogP) is 4.63. The molecular formula is C22H20BrNO3. The second-order valence-electron chi connectivity index (χ2n) is 6.44. The first kappa shape index (κ1) is 19.1. The number of carbonyl (C=O) groups excluding carboxylic acids is 2. The number of esters is 1. The van der Waals surface area contributed by atoms with Crippen LogP contribution in [0, 0.1) is 6.92 Å². The Hall–Kier alpha value is -2.66. The van der Waals surface area contributed by atoms with E-state index in [2.05, 4.69) is 15.9 Å². The topological polar surface area (TPSA) is 46.6 Å². The highest BCUT2D eigenvalue weighted by Gasteiger charge is 2.36. The van der Waals surface area contributed by atoms with E-state index in [4.69, 9.17) is 4.74 Å². The molecule has 0 aliphatic carbocycles.